The Labute approximate surface area is 170 Å². The van der Waals surface area contributed by atoms with Crippen LogP contribution in [0.15, 0.2) is 29.1 Å². The number of rotatable bonds is 8. The number of aryl methyl sites for hydroxylation is 2. The van der Waals surface area contributed by atoms with Crippen LogP contribution in [-0.4, -0.2) is 41.2 Å². The van der Waals surface area contributed by atoms with Gasteiger partial charge in [-0.3, -0.25) is 9.36 Å². The maximum atomic E-state index is 13.5. The normalized spacial score (nSPS) is 11.5. The number of aromatic nitrogens is 2. The average molecular weight is 400 g/mol. The third-order valence-electron chi connectivity index (χ3n) is 5.28. The fourth-order valence-corrected chi connectivity index (χ4v) is 4.70. The van der Waals surface area contributed by atoms with E-state index in [-0.39, 0.29) is 5.56 Å². The smallest absolute Gasteiger partial charge is 0.262 e. The van der Waals surface area contributed by atoms with Gasteiger partial charge in [0, 0.05) is 30.0 Å². The molecule has 0 aliphatic rings. The van der Waals surface area contributed by atoms with Gasteiger partial charge in [0.25, 0.3) is 5.56 Å². The van der Waals surface area contributed by atoms with E-state index < -0.39 is 0 Å². The van der Waals surface area contributed by atoms with E-state index in [0.29, 0.717) is 6.54 Å². The quantitative estimate of drug-likeness (QED) is 0.565. The van der Waals surface area contributed by atoms with Gasteiger partial charge in [0.15, 0.2) is 0 Å². The minimum atomic E-state index is 0.0659. The monoisotopic (exact) mass is 399 g/mol. The Balaban J connectivity index is 2.17. The molecule has 0 amide bonds. The summed E-state index contributed by atoms with van der Waals surface area (Å²) in [6.45, 7) is 11.9. The van der Waals surface area contributed by atoms with E-state index in [1.807, 2.05) is 28.8 Å². The van der Waals surface area contributed by atoms with E-state index in [1.54, 1.807) is 18.4 Å². The second-order valence-corrected chi connectivity index (χ2v) is 8.01. The molecule has 0 aliphatic heterocycles. The molecule has 150 valence electrons. The maximum absolute atomic E-state index is 13.5. The fourth-order valence-electron chi connectivity index (χ4n) is 3.64. The van der Waals surface area contributed by atoms with Gasteiger partial charge in [-0.15, -0.1) is 11.3 Å². The highest BCUT2D eigenvalue weighted by atomic mass is 32.1. The van der Waals surface area contributed by atoms with Gasteiger partial charge in [-0.2, -0.15) is 0 Å². The molecule has 5 nitrogen and oxygen atoms in total. The van der Waals surface area contributed by atoms with Gasteiger partial charge in [-0.05, 0) is 37.7 Å². The van der Waals surface area contributed by atoms with Crippen molar-refractivity contribution in [2.45, 2.75) is 40.7 Å². The summed E-state index contributed by atoms with van der Waals surface area (Å²) in [5, 5.41) is 0.729. The zero-order valence-corrected chi connectivity index (χ0v) is 18.2. The molecule has 3 aromatic rings. The predicted octanol–water partition coefficient (Wildman–Crippen LogP) is 4.35. The molecule has 3 rings (SSSR count). The summed E-state index contributed by atoms with van der Waals surface area (Å²) >= 11 is 1.60. The van der Waals surface area contributed by atoms with Crippen molar-refractivity contribution in [3.05, 3.63) is 45.3 Å². The molecule has 28 heavy (non-hydrogen) atoms. The Kier molecular flexibility index (Phi) is 6.52. The van der Waals surface area contributed by atoms with Crippen LogP contribution < -0.4 is 10.3 Å². The van der Waals surface area contributed by atoms with E-state index in [9.17, 15) is 4.79 Å². The minimum Gasteiger partial charge on any atom is -0.497 e. The van der Waals surface area contributed by atoms with Crippen molar-refractivity contribution >= 4 is 21.6 Å². The second kappa shape index (κ2) is 8.88. The fraction of sp³-hybridized carbons (Fsp3) is 0.455. The highest BCUT2D eigenvalue weighted by Crippen LogP contribution is 2.37. The van der Waals surface area contributed by atoms with Crippen LogP contribution in [0.4, 0.5) is 0 Å². The number of fused-ring (bicyclic) bond motifs is 1. The molecule has 0 fully saturated rings. The van der Waals surface area contributed by atoms with Crippen LogP contribution in [0.3, 0.4) is 0 Å². The Morgan fingerprint density at radius 2 is 1.96 bits per heavy atom. The number of methoxy groups -OCH3 is 1. The van der Waals surface area contributed by atoms with Gasteiger partial charge in [0.1, 0.15) is 16.4 Å². The first-order valence-electron chi connectivity index (χ1n) is 9.93. The van der Waals surface area contributed by atoms with Gasteiger partial charge in [0.05, 0.1) is 12.5 Å². The first kappa shape index (κ1) is 20.6. The molecular weight excluding hydrogens is 370 g/mol. The Morgan fingerprint density at radius 1 is 1.21 bits per heavy atom. The van der Waals surface area contributed by atoms with Crippen LogP contribution in [0, 0.1) is 6.92 Å². The molecule has 0 unspecified atom stereocenters. The molecule has 0 bridgehead atoms. The summed E-state index contributed by atoms with van der Waals surface area (Å²) in [5.74, 6) is 1.65. The molecule has 0 saturated carbocycles. The second-order valence-electron chi connectivity index (χ2n) is 6.81. The molecular formula is C22H29N3O2S. The highest BCUT2D eigenvalue weighted by molar-refractivity contribution is 7.19. The van der Waals surface area contributed by atoms with Crippen molar-refractivity contribution in [1.82, 2.24) is 14.5 Å². The molecule has 1 aromatic carbocycles. The van der Waals surface area contributed by atoms with Crippen LogP contribution in [-0.2, 0) is 13.0 Å². The third-order valence-corrected chi connectivity index (χ3v) is 6.27. The summed E-state index contributed by atoms with van der Waals surface area (Å²) in [7, 11) is 1.66. The number of hydrogen-bond acceptors (Lipinski definition) is 5. The van der Waals surface area contributed by atoms with Crippen molar-refractivity contribution in [2.75, 3.05) is 26.7 Å². The van der Waals surface area contributed by atoms with Gasteiger partial charge >= 0.3 is 0 Å². The summed E-state index contributed by atoms with van der Waals surface area (Å²) in [5.41, 5.74) is 2.05. The summed E-state index contributed by atoms with van der Waals surface area (Å²) in [6, 6.07) is 7.90. The lowest BCUT2D eigenvalue weighted by molar-refractivity contribution is 0.287. The summed E-state index contributed by atoms with van der Waals surface area (Å²) in [6.07, 6.45) is 0.745. The van der Waals surface area contributed by atoms with Crippen molar-refractivity contribution in [1.29, 1.82) is 0 Å². The van der Waals surface area contributed by atoms with Crippen molar-refractivity contribution in [2.24, 2.45) is 0 Å². The van der Waals surface area contributed by atoms with Crippen LogP contribution >= 0.6 is 11.3 Å². The van der Waals surface area contributed by atoms with Gasteiger partial charge in [-0.1, -0.05) is 32.9 Å². The zero-order valence-electron chi connectivity index (χ0n) is 17.4. The standard InChI is InChI=1S/C22H29N3O2S/c1-6-18-23-21-20(22(26)25(18)13-12-24(7-2)8-3)19(15(4)28-21)16-10-9-11-17(14-16)27-5/h9-11,14H,6-8,12-13H2,1-5H3. The third kappa shape index (κ3) is 3.84. The highest BCUT2D eigenvalue weighted by Gasteiger charge is 2.19. The molecule has 0 radical (unpaired) electrons. The number of thiophene rings is 1. The van der Waals surface area contributed by atoms with Crippen molar-refractivity contribution in [3.8, 4) is 16.9 Å². The van der Waals surface area contributed by atoms with Gasteiger partial charge < -0.3 is 9.64 Å². The molecule has 0 spiro atoms. The van der Waals surface area contributed by atoms with Gasteiger partial charge in [-0.25, -0.2) is 4.98 Å². The lowest BCUT2D eigenvalue weighted by Gasteiger charge is -2.20. The van der Waals surface area contributed by atoms with Crippen LogP contribution in [0.2, 0.25) is 0 Å². The van der Waals surface area contributed by atoms with Gasteiger partial charge in [0.2, 0.25) is 0 Å². The van der Waals surface area contributed by atoms with Crippen molar-refractivity contribution in [3.63, 3.8) is 0 Å². The van der Waals surface area contributed by atoms with E-state index in [0.717, 1.165) is 63.8 Å². The first-order valence-corrected chi connectivity index (χ1v) is 10.7. The largest absolute Gasteiger partial charge is 0.497 e. The Hall–Kier alpha value is -2.18. The summed E-state index contributed by atoms with van der Waals surface area (Å²) < 4.78 is 7.26. The Bertz CT molecular complexity index is 1020. The van der Waals surface area contributed by atoms with Crippen LogP contribution in [0.1, 0.15) is 31.5 Å². The van der Waals surface area contributed by atoms with E-state index in [4.69, 9.17) is 9.72 Å². The maximum Gasteiger partial charge on any atom is 0.262 e. The molecule has 2 aromatic heterocycles. The number of nitrogens with zero attached hydrogens (tertiary/aromatic N) is 3. The number of likely N-dealkylation sites (N-methyl/N-ethyl adjacent to an activating group) is 1. The van der Waals surface area contributed by atoms with Crippen molar-refractivity contribution < 1.29 is 4.74 Å². The number of benzene rings is 1. The molecule has 0 N–H and O–H groups in total. The molecule has 6 heteroatoms. The average Bonchev–Trinajstić information content (AvgIpc) is 3.05. The molecule has 0 aliphatic carbocycles. The lowest BCUT2D eigenvalue weighted by Crippen LogP contribution is -2.33. The molecule has 0 saturated heterocycles. The Morgan fingerprint density at radius 3 is 2.61 bits per heavy atom. The molecule has 0 atom stereocenters. The topological polar surface area (TPSA) is 47.4 Å². The lowest BCUT2D eigenvalue weighted by atomic mass is 10.0. The zero-order chi connectivity index (χ0) is 20.3. The van der Waals surface area contributed by atoms with Crippen LogP contribution in [0.5, 0.6) is 5.75 Å². The molecule has 2 heterocycles. The first-order chi connectivity index (χ1) is 13.5. The SMILES string of the molecule is CCc1nc2sc(C)c(-c3cccc(OC)c3)c2c(=O)n1CCN(CC)CC. The minimum absolute atomic E-state index is 0.0659. The van der Waals surface area contributed by atoms with E-state index >= 15 is 0 Å². The van der Waals surface area contributed by atoms with Crippen LogP contribution in [0.25, 0.3) is 21.3 Å². The number of hydrogen-bond donors (Lipinski definition) is 0. The van der Waals surface area contributed by atoms with E-state index in [2.05, 4.69) is 32.6 Å². The predicted molar refractivity (Wildman–Crippen MR) is 118 cm³/mol. The number of ether oxygens (including phenoxy) is 1. The van der Waals surface area contributed by atoms with E-state index in [1.165, 1.54) is 0 Å². The summed E-state index contributed by atoms with van der Waals surface area (Å²) in [4.78, 5) is 22.7.